The fourth-order valence-corrected chi connectivity index (χ4v) is 5.46. The Hall–Kier alpha value is -3.00. The second kappa shape index (κ2) is 12.3. The zero-order valence-electron chi connectivity index (χ0n) is 22.4. The number of thiazole rings is 1. The van der Waals surface area contributed by atoms with E-state index in [2.05, 4.69) is 40.6 Å². The number of hydrogen-bond acceptors (Lipinski definition) is 6. The highest BCUT2D eigenvalue weighted by atomic mass is 32.1. The third kappa shape index (κ3) is 6.03. The van der Waals surface area contributed by atoms with Gasteiger partial charge >= 0.3 is 0 Å². The van der Waals surface area contributed by atoms with E-state index < -0.39 is 12.0 Å². The number of aromatic nitrogens is 2. The highest BCUT2D eigenvalue weighted by Crippen LogP contribution is 2.31. The molecule has 0 bridgehead atoms. The number of hydrogen-bond donors (Lipinski definition) is 1. The Kier molecular flexibility index (Phi) is 9.43. The summed E-state index contributed by atoms with van der Waals surface area (Å²) in [6.07, 6.45) is 1.48. The normalized spacial score (nSPS) is 16.0. The molecule has 7 nitrogen and oxygen atoms in total. The minimum atomic E-state index is -0.461. The molecule has 1 fully saturated rings. The Balaban J connectivity index is 0.00000176. The highest BCUT2D eigenvalue weighted by Gasteiger charge is 2.39. The van der Waals surface area contributed by atoms with Gasteiger partial charge in [-0.25, -0.2) is 4.98 Å². The van der Waals surface area contributed by atoms with Crippen molar-refractivity contribution in [1.29, 1.82) is 0 Å². The molecular weight excluding hydrogens is 472 g/mol. The number of amides is 2. The third-order valence-electron chi connectivity index (χ3n) is 6.53. The first kappa shape index (κ1) is 27.6. The lowest BCUT2D eigenvalue weighted by Gasteiger charge is -2.29. The number of nitrogens with zero attached hydrogens (tertiary/aromatic N) is 3. The summed E-state index contributed by atoms with van der Waals surface area (Å²) in [5.74, 6) is -0.0179. The highest BCUT2D eigenvalue weighted by molar-refractivity contribution is 7.13. The Morgan fingerprint density at radius 1 is 1.19 bits per heavy atom. The van der Waals surface area contributed by atoms with Gasteiger partial charge in [0.1, 0.15) is 17.7 Å². The zero-order valence-corrected chi connectivity index (χ0v) is 23.2. The first-order valence-corrected chi connectivity index (χ1v) is 13.7. The van der Waals surface area contributed by atoms with Crippen LogP contribution in [-0.2, 0) is 16.1 Å². The van der Waals surface area contributed by atoms with E-state index in [0.29, 0.717) is 25.3 Å². The van der Waals surface area contributed by atoms with E-state index in [-0.39, 0.29) is 17.7 Å². The summed E-state index contributed by atoms with van der Waals surface area (Å²) in [5.41, 5.74) is 6.95. The summed E-state index contributed by atoms with van der Waals surface area (Å²) >= 11 is 1.63. The van der Waals surface area contributed by atoms with E-state index in [4.69, 9.17) is 4.52 Å². The van der Waals surface area contributed by atoms with Crippen LogP contribution in [0.4, 0.5) is 0 Å². The van der Waals surface area contributed by atoms with Crippen molar-refractivity contribution in [3.8, 4) is 10.4 Å². The van der Waals surface area contributed by atoms with Crippen LogP contribution in [0.2, 0.25) is 0 Å². The van der Waals surface area contributed by atoms with Crippen LogP contribution in [0.25, 0.3) is 10.4 Å². The van der Waals surface area contributed by atoms with Crippen molar-refractivity contribution in [2.45, 2.75) is 79.8 Å². The second-order valence-corrected chi connectivity index (χ2v) is 10.3. The molecule has 4 rings (SSSR count). The van der Waals surface area contributed by atoms with Gasteiger partial charge in [0.25, 0.3) is 0 Å². The molecule has 0 aliphatic carbocycles. The molecule has 1 aliphatic rings. The molecule has 3 heterocycles. The molecule has 2 amide bonds. The predicted octanol–water partition coefficient (Wildman–Crippen LogP) is 5.80. The van der Waals surface area contributed by atoms with Gasteiger partial charge in [0, 0.05) is 19.2 Å². The molecular formula is C28H38N4O3S. The molecule has 0 saturated carbocycles. The van der Waals surface area contributed by atoms with E-state index in [1.165, 1.54) is 4.88 Å². The van der Waals surface area contributed by atoms with Crippen LogP contribution in [0.15, 0.2) is 34.3 Å². The van der Waals surface area contributed by atoms with Gasteiger partial charge in [-0.1, -0.05) is 51.1 Å². The molecule has 0 spiro atoms. The van der Waals surface area contributed by atoms with Gasteiger partial charge in [-0.2, -0.15) is 0 Å². The number of likely N-dealkylation sites (tertiary alicyclic amines) is 1. The van der Waals surface area contributed by atoms with Crippen molar-refractivity contribution in [1.82, 2.24) is 20.4 Å². The van der Waals surface area contributed by atoms with Crippen molar-refractivity contribution >= 4 is 23.2 Å². The molecule has 8 heteroatoms. The maximum atomic E-state index is 13.5. The molecule has 1 aromatic carbocycles. The summed E-state index contributed by atoms with van der Waals surface area (Å²) in [5, 5.41) is 7.02. The largest absolute Gasteiger partial charge is 0.360 e. The van der Waals surface area contributed by atoms with Gasteiger partial charge in [-0.05, 0) is 56.2 Å². The molecule has 3 aromatic rings. The lowest BCUT2D eigenvalue weighted by atomic mass is 9.91. The quantitative estimate of drug-likeness (QED) is 0.434. The lowest BCUT2D eigenvalue weighted by molar-refractivity contribution is -0.140. The van der Waals surface area contributed by atoms with Crippen molar-refractivity contribution < 1.29 is 14.1 Å². The smallest absolute Gasteiger partial charge is 0.243 e. The summed E-state index contributed by atoms with van der Waals surface area (Å²) in [4.78, 5) is 33.8. The zero-order chi connectivity index (χ0) is 26.4. The predicted molar refractivity (Wildman–Crippen MR) is 144 cm³/mol. The number of carbonyl (C=O) groups excluding carboxylic acids is 2. The second-order valence-electron chi connectivity index (χ2n) is 9.41. The van der Waals surface area contributed by atoms with Gasteiger partial charge in [0.05, 0.1) is 21.8 Å². The molecule has 2 atom stereocenters. The molecule has 1 aliphatic heterocycles. The van der Waals surface area contributed by atoms with Gasteiger partial charge < -0.3 is 14.7 Å². The minimum absolute atomic E-state index is 0.0347. The Bertz CT molecular complexity index is 1180. The van der Waals surface area contributed by atoms with Crippen LogP contribution in [0, 0.1) is 26.7 Å². The topological polar surface area (TPSA) is 88.3 Å². The van der Waals surface area contributed by atoms with E-state index in [1.54, 1.807) is 16.2 Å². The Morgan fingerprint density at radius 3 is 2.53 bits per heavy atom. The first-order valence-electron chi connectivity index (χ1n) is 12.8. The molecule has 36 heavy (non-hydrogen) atoms. The van der Waals surface area contributed by atoms with E-state index in [9.17, 15) is 9.59 Å². The Labute approximate surface area is 218 Å². The van der Waals surface area contributed by atoms with Crippen LogP contribution in [0.5, 0.6) is 0 Å². The van der Waals surface area contributed by atoms with Crippen LogP contribution in [-0.4, -0.2) is 39.4 Å². The molecule has 2 unspecified atom stereocenters. The van der Waals surface area contributed by atoms with E-state index >= 15 is 0 Å². The summed E-state index contributed by atoms with van der Waals surface area (Å²) in [7, 11) is 0. The van der Waals surface area contributed by atoms with Gasteiger partial charge in [0.15, 0.2) is 0 Å². The van der Waals surface area contributed by atoms with E-state index in [1.807, 2.05) is 53.1 Å². The fraction of sp³-hybridized carbons (Fsp3) is 0.500. The van der Waals surface area contributed by atoms with Crippen molar-refractivity contribution in [2.24, 2.45) is 5.92 Å². The molecule has 1 N–H and O–H groups in total. The van der Waals surface area contributed by atoms with Crippen molar-refractivity contribution in [3.05, 3.63) is 58.1 Å². The van der Waals surface area contributed by atoms with Crippen LogP contribution < -0.4 is 5.32 Å². The molecule has 2 aromatic heterocycles. The minimum Gasteiger partial charge on any atom is -0.360 e. The fourth-order valence-electron chi connectivity index (χ4n) is 4.66. The summed E-state index contributed by atoms with van der Waals surface area (Å²) in [6, 6.07) is 7.63. The number of aryl methyl sites for hydroxylation is 3. The number of nitrogens with one attached hydrogen (secondary N) is 1. The Morgan fingerprint density at radius 2 is 1.94 bits per heavy atom. The number of carbonyl (C=O) groups is 2. The van der Waals surface area contributed by atoms with E-state index in [0.717, 1.165) is 34.5 Å². The molecule has 194 valence electrons. The average molecular weight is 511 g/mol. The first-order chi connectivity index (χ1) is 17.3. The monoisotopic (exact) mass is 510 g/mol. The lowest BCUT2D eigenvalue weighted by Crippen LogP contribution is -2.47. The van der Waals surface area contributed by atoms with Crippen molar-refractivity contribution in [2.75, 3.05) is 6.54 Å². The van der Waals surface area contributed by atoms with Gasteiger partial charge in [0.2, 0.25) is 11.8 Å². The maximum Gasteiger partial charge on any atom is 0.243 e. The summed E-state index contributed by atoms with van der Waals surface area (Å²) < 4.78 is 5.43. The van der Waals surface area contributed by atoms with Crippen molar-refractivity contribution in [3.63, 3.8) is 0 Å². The molecule has 0 radical (unpaired) electrons. The number of benzene rings is 1. The van der Waals surface area contributed by atoms with Gasteiger partial charge in [-0.15, -0.1) is 11.3 Å². The maximum absolute atomic E-state index is 13.5. The van der Waals surface area contributed by atoms with Crippen LogP contribution in [0.1, 0.15) is 74.7 Å². The summed E-state index contributed by atoms with van der Waals surface area (Å²) in [6.45, 7) is 14.9. The SMILES string of the molecule is CC.Cc1cc(C(C(=O)N2CCCC2C(=O)NCc2ccc(-c3scnc3C)cc2C)C(C)C)on1. The van der Waals surface area contributed by atoms with Crippen LogP contribution >= 0.6 is 11.3 Å². The van der Waals surface area contributed by atoms with Gasteiger partial charge in [-0.3, -0.25) is 9.59 Å². The van der Waals surface area contributed by atoms with Crippen LogP contribution in [0.3, 0.4) is 0 Å². The third-order valence-corrected chi connectivity index (χ3v) is 7.50. The molecule has 1 saturated heterocycles. The standard InChI is InChI=1S/C26H32N4O3S.C2H6/c1-15(2)23(22-12-17(4)29-33-22)26(32)30-10-6-7-21(30)25(31)27-13-20-9-8-19(11-16(20)3)24-18(5)28-14-34-24;1-2/h8-9,11-12,14-15,21,23H,6-7,10,13H2,1-5H3,(H,27,31);1-2H3. The number of rotatable bonds is 7. The average Bonchev–Trinajstić information content (AvgIpc) is 3.60.